The van der Waals surface area contributed by atoms with Crippen LogP contribution in [0.15, 0.2) is 17.5 Å². The van der Waals surface area contributed by atoms with Gasteiger partial charge in [0.15, 0.2) is 0 Å². The van der Waals surface area contributed by atoms with Crippen LogP contribution in [0.4, 0.5) is 4.79 Å². The number of aliphatic carboxylic acids is 1. The van der Waals surface area contributed by atoms with Gasteiger partial charge < -0.3 is 15.3 Å². The summed E-state index contributed by atoms with van der Waals surface area (Å²) in [7, 11) is 0. The van der Waals surface area contributed by atoms with Crippen LogP contribution < -0.4 is 5.32 Å². The lowest BCUT2D eigenvalue weighted by atomic mass is 10.1. The quantitative estimate of drug-likeness (QED) is 0.808. The maximum atomic E-state index is 12.0. The van der Waals surface area contributed by atoms with Crippen molar-refractivity contribution in [2.24, 2.45) is 0 Å². The predicted octanol–water partition coefficient (Wildman–Crippen LogP) is 2.71. The SMILES string of the molecule is CCCC(NC(=O)N(CC)CC(=O)O)c1cccs1. The largest absolute Gasteiger partial charge is 0.480 e. The summed E-state index contributed by atoms with van der Waals surface area (Å²) in [5, 5.41) is 13.6. The molecule has 6 heteroatoms. The molecule has 1 atom stereocenters. The molecule has 0 aliphatic heterocycles. The van der Waals surface area contributed by atoms with Crippen LogP contribution in [-0.4, -0.2) is 35.1 Å². The zero-order chi connectivity index (χ0) is 14.3. The van der Waals surface area contributed by atoms with Crippen LogP contribution in [0.25, 0.3) is 0 Å². The van der Waals surface area contributed by atoms with Crippen LogP contribution in [0.3, 0.4) is 0 Å². The van der Waals surface area contributed by atoms with Crippen molar-refractivity contribution in [2.75, 3.05) is 13.1 Å². The van der Waals surface area contributed by atoms with Crippen molar-refractivity contribution in [3.63, 3.8) is 0 Å². The van der Waals surface area contributed by atoms with Crippen molar-refractivity contribution in [2.45, 2.75) is 32.7 Å². The zero-order valence-corrected chi connectivity index (χ0v) is 12.1. The molecule has 106 valence electrons. The Hall–Kier alpha value is -1.56. The third-order valence-corrected chi connectivity index (χ3v) is 3.74. The molecule has 2 N–H and O–H groups in total. The first-order valence-electron chi connectivity index (χ1n) is 6.39. The van der Waals surface area contributed by atoms with Crippen LogP contribution in [0, 0.1) is 0 Å². The first-order valence-corrected chi connectivity index (χ1v) is 7.27. The predicted molar refractivity (Wildman–Crippen MR) is 75.4 cm³/mol. The summed E-state index contributed by atoms with van der Waals surface area (Å²) in [4.78, 5) is 25.1. The standard InChI is InChI=1S/C13H20N2O3S/c1-3-6-10(11-7-5-8-19-11)14-13(18)15(4-2)9-12(16)17/h5,7-8,10H,3-4,6,9H2,1-2H3,(H,14,18)(H,16,17). The second-order valence-electron chi connectivity index (χ2n) is 4.21. The van der Waals surface area contributed by atoms with Gasteiger partial charge in [0.2, 0.25) is 0 Å². The number of hydrogen-bond donors (Lipinski definition) is 2. The molecule has 0 aliphatic carbocycles. The minimum atomic E-state index is -1.000. The first kappa shape index (κ1) is 15.5. The lowest BCUT2D eigenvalue weighted by Gasteiger charge is -2.23. The maximum absolute atomic E-state index is 12.0. The van der Waals surface area contributed by atoms with Gasteiger partial charge in [0.25, 0.3) is 0 Å². The second-order valence-corrected chi connectivity index (χ2v) is 5.19. The van der Waals surface area contributed by atoms with Crippen LogP contribution >= 0.6 is 11.3 Å². The molecule has 1 heterocycles. The number of likely N-dealkylation sites (N-methyl/N-ethyl adjacent to an activating group) is 1. The Labute approximate surface area is 117 Å². The number of nitrogens with zero attached hydrogens (tertiary/aromatic N) is 1. The molecular formula is C13H20N2O3S. The number of carbonyl (C=O) groups excluding carboxylic acids is 1. The number of rotatable bonds is 7. The van der Waals surface area contributed by atoms with Gasteiger partial charge in [-0.25, -0.2) is 4.79 Å². The summed E-state index contributed by atoms with van der Waals surface area (Å²) in [6.07, 6.45) is 1.80. The molecule has 0 saturated carbocycles. The minimum Gasteiger partial charge on any atom is -0.480 e. The van der Waals surface area contributed by atoms with E-state index in [1.54, 1.807) is 18.3 Å². The number of carboxylic acids is 1. The van der Waals surface area contributed by atoms with Gasteiger partial charge in [-0.3, -0.25) is 4.79 Å². The Balaban J connectivity index is 2.67. The van der Waals surface area contributed by atoms with Gasteiger partial charge >= 0.3 is 12.0 Å². The highest BCUT2D eigenvalue weighted by Crippen LogP contribution is 2.23. The minimum absolute atomic E-state index is 0.0413. The Bertz CT molecular complexity index is 406. The topological polar surface area (TPSA) is 69.6 Å². The van der Waals surface area contributed by atoms with E-state index in [1.165, 1.54) is 4.90 Å². The third-order valence-electron chi connectivity index (χ3n) is 2.76. The molecule has 1 aromatic rings. The first-order chi connectivity index (χ1) is 9.08. The highest BCUT2D eigenvalue weighted by molar-refractivity contribution is 7.10. The molecule has 2 amide bonds. The summed E-state index contributed by atoms with van der Waals surface area (Å²) in [5.74, 6) is -1.000. The van der Waals surface area contributed by atoms with Crippen LogP contribution in [0.5, 0.6) is 0 Å². The summed E-state index contributed by atoms with van der Waals surface area (Å²) < 4.78 is 0. The highest BCUT2D eigenvalue weighted by atomic mass is 32.1. The highest BCUT2D eigenvalue weighted by Gasteiger charge is 2.20. The fraction of sp³-hybridized carbons (Fsp3) is 0.538. The molecule has 0 radical (unpaired) electrons. The van der Waals surface area contributed by atoms with E-state index in [9.17, 15) is 9.59 Å². The molecule has 1 aromatic heterocycles. The number of amides is 2. The van der Waals surface area contributed by atoms with Gasteiger partial charge in [-0.15, -0.1) is 11.3 Å². The number of urea groups is 1. The number of hydrogen-bond acceptors (Lipinski definition) is 3. The third kappa shape index (κ3) is 4.90. The molecule has 5 nitrogen and oxygen atoms in total. The van der Waals surface area contributed by atoms with Crippen molar-refractivity contribution in [3.05, 3.63) is 22.4 Å². The number of carboxylic acid groups (broad SMARTS) is 1. The fourth-order valence-electron chi connectivity index (χ4n) is 1.79. The summed E-state index contributed by atoms with van der Waals surface area (Å²) in [5.41, 5.74) is 0. The molecule has 0 saturated heterocycles. The smallest absolute Gasteiger partial charge is 0.323 e. The molecular weight excluding hydrogens is 264 g/mol. The Morgan fingerprint density at radius 2 is 2.21 bits per heavy atom. The van der Waals surface area contributed by atoms with Crippen molar-refractivity contribution >= 4 is 23.3 Å². The summed E-state index contributed by atoms with van der Waals surface area (Å²) in [6, 6.07) is 3.57. The van der Waals surface area contributed by atoms with Gasteiger partial charge in [-0.05, 0) is 24.8 Å². The van der Waals surface area contributed by atoms with E-state index >= 15 is 0 Å². The lowest BCUT2D eigenvalue weighted by molar-refractivity contribution is -0.137. The van der Waals surface area contributed by atoms with E-state index in [-0.39, 0.29) is 18.6 Å². The summed E-state index contributed by atoms with van der Waals surface area (Å²) >= 11 is 1.60. The zero-order valence-electron chi connectivity index (χ0n) is 11.3. The van der Waals surface area contributed by atoms with E-state index in [0.717, 1.165) is 17.7 Å². The van der Waals surface area contributed by atoms with Crippen LogP contribution in [0.2, 0.25) is 0 Å². The number of nitrogens with one attached hydrogen (secondary N) is 1. The average molecular weight is 284 g/mol. The van der Waals surface area contributed by atoms with E-state index < -0.39 is 5.97 Å². The van der Waals surface area contributed by atoms with Gasteiger partial charge in [0, 0.05) is 11.4 Å². The van der Waals surface area contributed by atoms with E-state index in [2.05, 4.69) is 12.2 Å². The molecule has 0 aromatic carbocycles. The van der Waals surface area contributed by atoms with Crippen molar-refractivity contribution in [1.29, 1.82) is 0 Å². The second kappa shape index (κ2) is 7.78. The van der Waals surface area contributed by atoms with Gasteiger partial charge in [-0.2, -0.15) is 0 Å². The Morgan fingerprint density at radius 1 is 1.47 bits per heavy atom. The van der Waals surface area contributed by atoms with Crippen molar-refractivity contribution in [1.82, 2.24) is 10.2 Å². The van der Waals surface area contributed by atoms with Crippen molar-refractivity contribution < 1.29 is 14.7 Å². The normalized spacial score (nSPS) is 11.9. The van der Waals surface area contributed by atoms with E-state index in [0.29, 0.717) is 6.54 Å². The molecule has 0 spiro atoms. The van der Waals surface area contributed by atoms with E-state index in [4.69, 9.17) is 5.11 Å². The average Bonchev–Trinajstić information content (AvgIpc) is 2.88. The maximum Gasteiger partial charge on any atom is 0.323 e. The molecule has 1 unspecified atom stereocenters. The van der Waals surface area contributed by atoms with Gasteiger partial charge in [0.1, 0.15) is 6.54 Å². The van der Waals surface area contributed by atoms with Gasteiger partial charge in [-0.1, -0.05) is 19.4 Å². The van der Waals surface area contributed by atoms with Crippen molar-refractivity contribution in [3.8, 4) is 0 Å². The summed E-state index contributed by atoms with van der Waals surface area (Å²) in [6.45, 7) is 3.93. The Morgan fingerprint density at radius 3 is 2.68 bits per heavy atom. The molecule has 1 rings (SSSR count). The number of thiophene rings is 1. The Kier molecular flexibility index (Phi) is 6.35. The fourth-order valence-corrected chi connectivity index (χ4v) is 2.61. The molecule has 0 bridgehead atoms. The monoisotopic (exact) mass is 284 g/mol. The molecule has 0 aliphatic rings. The molecule has 19 heavy (non-hydrogen) atoms. The lowest BCUT2D eigenvalue weighted by Crippen LogP contribution is -2.43. The van der Waals surface area contributed by atoms with Gasteiger partial charge in [0.05, 0.1) is 6.04 Å². The van der Waals surface area contributed by atoms with Crippen LogP contribution in [0.1, 0.15) is 37.6 Å². The van der Waals surface area contributed by atoms with Crippen LogP contribution in [-0.2, 0) is 4.79 Å². The van der Waals surface area contributed by atoms with E-state index in [1.807, 2.05) is 17.5 Å². The number of carbonyl (C=O) groups is 2. The molecule has 0 fully saturated rings.